The fourth-order valence-electron chi connectivity index (χ4n) is 4.16. The Morgan fingerprint density at radius 1 is 0.792 bits per heavy atom. The van der Waals surface area contributed by atoms with Crippen molar-refractivity contribution < 1.29 is 0 Å². The van der Waals surface area contributed by atoms with Crippen LogP contribution in [0, 0.1) is 0 Å². The van der Waals surface area contributed by atoms with Gasteiger partial charge in [-0.1, -0.05) is 77.7 Å². The van der Waals surface area contributed by atoms with Gasteiger partial charge in [-0.3, -0.25) is 4.99 Å². The first-order valence-electron chi connectivity index (χ1n) is 9.23. The van der Waals surface area contributed by atoms with Crippen molar-refractivity contribution >= 4 is 21.6 Å². The number of nitrogens with zero attached hydrogens (tertiary/aromatic N) is 1. The smallest absolute Gasteiger partial charge is 0.0756 e. The Balaban J connectivity index is 1.51. The lowest BCUT2D eigenvalue weighted by atomic mass is 9.83. The van der Waals surface area contributed by atoms with E-state index in [1.165, 1.54) is 54.5 Å². The van der Waals surface area contributed by atoms with E-state index in [1.807, 2.05) is 0 Å². The number of hydrogen-bond donors (Lipinski definition) is 0. The summed E-state index contributed by atoms with van der Waals surface area (Å²) in [6.07, 6.45) is 9.14. The lowest BCUT2D eigenvalue weighted by Gasteiger charge is -2.22. The second-order valence-electron chi connectivity index (χ2n) is 7.11. The number of aliphatic imine (C=N–C) groups is 1. The lowest BCUT2D eigenvalue weighted by Crippen LogP contribution is -2.04. The number of halogens is 1. The number of hydrogen-bond acceptors (Lipinski definition) is 1. The van der Waals surface area contributed by atoms with Gasteiger partial charge in [-0.25, -0.2) is 0 Å². The molecular formula is C22H24BrN. The molecule has 1 heterocycles. The Morgan fingerprint density at radius 2 is 1.50 bits per heavy atom. The molecule has 1 aliphatic heterocycles. The number of rotatable bonds is 3. The highest BCUT2D eigenvalue weighted by Gasteiger charge is 2.22. The third-order valence-electron chi connectivity index (χ3n) is 5.55. The van der Waals surface area contributed by atoms with E-state index in [0.717, 1.165) is 23.2 Å². The molecule has 1 fully saturated rings. The van der Waals surface area contributed by atoms with Crippen molar-refractivity contribution in [3.8, 4) is 0 Å². The minimum atomic E-state index is 0.326. The van der Waals surface area contributed by atoms with Gasteiger partial charge in [-0.2, -0.15) is 0 Å². The van der Waals surface area contributed by atoms with Gasteiger partial charge < -0.3 is 0 Å². The molecule has 2 aromatic carbocycles. The Bertz CT molecular complexity index is 726. The van der Waals surface area contributed by atoms with Crippen LogP contribution in [0.4, 0.5) is 0 Å². The van der Waals surface area contributed by atoms with Gasteiger partial charge >= 0.3 is 0 Å². The maximum absolute atomic E-state index is 5.02. The minimum absolute atomic E-state index is 0.326. The van der Waals surface area contributed by atoms with E-state index in [4.69, 9.17) is 4.99 Å². The Kier molecular flexibility index (Phi) is 4.84. The van der Waals surface area contributed by atoms with Crippen molar-refractivity contribution in [1.82, 2.24) is 0 Å². The molecule has 124 valence electrons. The highest BCUT2D eigenvalue weighted by Crippen LogP contribution is 2.36. The molecule has 0 saturated heterocycles. The summed E-state index contributed by atoms with van der Waals surface area (Å²) < 4.78 is 1.15. The maximum atomic E-state index is 5.02. The first kappa shape index (κ1) is 16.1. The normalized spacial score (nSPS) is 21.7. The lowest BCUT2D eigenvalue weighted by molar-refractivity contribution is 0.443. The van der Waals surface area contributed by atoms with Gasteiger partial charge in [-0.15, -0.1) is 0 Å². The zero-order valence-corrected chi connectivity index (χ0v) is 15.6. The molecule has 4 rings (SSSR count). The molecule has 1 atom stereocenters. The Labute approximate surface area is 153 Å². The van der Waals surface area contributed by atoms with Gasteiger partial charge in [-0.05, 0) is 48.8 Å². The third-order valence-corrected chi connectivity index (χ3v) is 6.24. The van der Waals surface area contributed by atoms with Crippen molar-refractivity contribution in [2.45, 2.75) is 56.9 Å². The minimum Gasteiger partial charge on any atom is -0.281 e. The third kappa shape index (κ3) is 3.35. The molecule has 1 saturated carbocycles. The summed E-state index contributed by atoms with van der Waals surface area (Å²) in [5, 5.41) is 0. The van der Waals surface area contributed by atoms with Crippen molar-refractivity contribution in [2.24, 2.45) is 4.99 Å². The molecule has 2 aromatic rings. The maximum Gasteiger partial charge on any atom is 0.0756 e. The molecule has 0 radical (unpaired) electrons. The van der Waals surface area contributed by atoms with E-state index in [0.29, 0.717) is 6.04 Å². The predicted octanol–water partition coefficient (Wildman–Crippen LogP) is 6.82. The van der Waals surface area contributed by atoms with Gasteiger partial charge in [0.2, 0.25) is 0 Å². The summed E-state index contributed by atoms with van der Waals surface area (Å²) in [5.74, 6) is 0.788. The van der Waals surface area contributed by atoms with Crippen LogP contribution in [0.1, 0.15) is 73.6 Å². The van der Waals surface area contributed by atoms with Crippen molar-refractivity contribution in [3.63, 3.8) is 0 Å². The van der Waals surface area contributed by atoms with E-state index in [2.05, 4.69) is 64.5 Å². The summed E-state index contributed by atoms with van der Waals surface area (Å²) in [6, 6.07) is 18.1. The molecule has 24 heavy (non-hydrogen) atoms. The average Bonchev–Trinajstić information content (AvgIpc) is 3.13. The SMILES string of the molecule is Brc1ccccc1C1=NC(c2ccc(C3CCCCC3)cc2)CC1. The second-order valence-corrected chi connectivity index (χ2v) is 7.97. The van der Waals surface area contributed by atoms with Crippen LogP contribution in [0.15, 0.2) is 58.0 Å². The van der Waals surface area contributed by atoms with Crippen LogP contribution in [0.2, 0.25) is 0 Å². The molecule has 0 amide bonds. The van der Waals surface area contributed by atoms with E-state index >= 15 is 0 Å². The van der Waals surface area contributed by atoms with Crippen LogP contribution in [0.5, 0.6) is 0 Å². The topological polar surface area (TPSA) is 12.4 Å². The molecule has 0 N–H and O–H groups in total. The Morgan fingerprint density at radius 3 is 2.25 bits per heavy atom. The molecule has 1 aliphatic carbocycles. The summed E-state index contributed by atoms with van der Waals surface area (Å²) in [6.45, 7) is 0. The van der Waals surface area contributed by atoms with E-state index in [-0.39, 0.29) is 0 Å². The first-order chi connectivity index (χ1) is 11.8. The molecule has 1 nitrogen and oxygen atoms in total. The van der Waals surface area contributed by atoms with E-state index in [9.17, 15) is 0 Å². The van der Waals surface area contributed by atoms with Crippen LogP contribution in [-0.4, -0.2) is 5.71 Å². The van der Waals surface area contributed by atoms with Crippen LogP contribution in [0.3, 0.4) is 0 Å². The highest BCUT2D eigenvalue weighted by atomic mass is 79.9. The fourth-order valence-corrected chi connectivity index (χ4v) is 4.67. The first-order valence-corrected chi connectivity index (χ1v) is 10.0. The largest absolute Gasteiger partial charge is 0.281 e. The van der Waals surface area contributed by atoms with Gasteiger partial charge in [0.15, 0.2) is 0 Å². The van der Waals surface area contributed by atoms with E-state index < -0.39 is 0 Å². The summed E-state index contributed by atoms with van der Waals surface area (Å²) in [4.78, 5) is 5.02. The molecule has 0 spiro atoms. The molecular weight excluding hydrogens is 358 g/mol. The highest BCUT2D eigenvalue weighted by molar-refractivity contribution is 9.10. The van der Waals surface area contributed by atoms with Crippen molar-refractivity contribution in [3.05, 3.63) is 69.7 Å². The van der Waals surface area contributed by atoms with Gasteiger partial charge in [0.25, 0.3) is 0 Å². The van der Waals surface area contributed by atoms with Crippen LogP contribution >= 0.6 is 15.9 Å². The zero-order chi connectivity index (χ0) is 16.4. The average molecular weight is 382 g/mol. The quantitative estimate of drug-likeness (QED) is 0.552. The molecule has 2 aliphatic rings. The predicted molar refractivity (Wildman–Crippen MR) is 105 cm³/mol. The van der Waals surface area contributed by atoms with Gasteiger partial charge in [0.05, 0.1) is 6.04 Å². The monoisotopic (exact) mass is 381 g/mol. The van der Waals surface area contributed by atoms with E-state index in [1.54, 1.807) is 0 Å². The van der Waals surface area contributed by atoms with Crippen LogP contribution in [-0.2, 0) is 0 Å². The van der Waals surface area contributed by atoms with Crippen molar-refractivity contribution in [2.75, 3.05) is 0 Å². The molecule has 1 unspecified atom stereocenters. The zero-order valence-electron chi connectivity index (χ0n) is 14.0. The van der Waals surface area contributed by atoms with Crippen LogP contribution < -0.4 is 0 Å². The van der Waals surface area contributed by atoms with Gasteiger partial charge in [0.1, 0.15) is 0 Å². The molecule has 0 aromatic heterocycles. The second kappa shape index (κ2) is 7.23. The summed E-state index contributed by atoms with van der Waals surface area (Å²) in [5.41, 5.74) is 5.39. The standard InChI is InChI=1S/C22H24BrN/c23-20-9-5-4-8-19(20)22-15-14-21(24-22)18-12-10-17(11-13-18)16-6-2-1-3-7-16/h4-5,8-13,16,21H,1-3,6-7,14-15H2. The van der Waals surface area contributed by atoms with Crippen LogP contribution in [0.25, 0.3) is 0 Å². The van der Waals surface area contributed by atoms with Crippen molar-refractivity contribution in [1.29, 1.82) is 0 Å². The fraction of sp³-hybridized carbons (Fsp3) is 0.409. The summed E-state index contributed by atoms with van der Waals surface area (Å²) in [7, 11) is 0. The molecule has 2 heteroatoms. The number of benzene rings is 2. The summed E-state index contributed by atoms with van der Waals surface area (Å²) >= 11 is 3.66. The molecule has 0 bridgehead atoms. The van der Waals surface area contributed by atoms with Gasteiger partial charge in [0, 0.05) is 15.7 Å². The Hall–Kier alpha value is -1.41.